The van der Waals surface area contributed by atoms with Crippen LogP contribution in [0.1, 0.15) is 151 Å². The molecule has 2 aliphatic heterocycles. The Morgan fingerprint density at radius 3 is 1.01 bits per heavy atom. The maximum Gasteiger partial charge on any atom is 0.155 e. The van der Waals surface area contributed by atoms with E-state index in [1.807, 2.05) is 0 Å². The lowest BCUT2D eigenvalue weighted by molar-refractivity contribution is 0.374. The Labute approximate surface area is 462 Å². The van der Waals surface area contributed by atoms with Crippen molar-refractivity contribution >= 4 is 11.4 Å². The lowest BCUT2D eigenvalue weighted by Gasteiger charge is -2.34. The van der Waals surface area contributed by atoms with Crippen LogP contribution in [0.2, 0.25) is 0 Å². The van der Waals surface area contributed by atoms with Gasteiger partial charge in [0.05, 0.1) is 12.1 Å². The zero-order chi connectivity index (χ0) is 52.8. The molecular formula is C74H72N4. The minimum absolute atomic E-state index is 0.108. The maximum atomic E-state index is 4.30. The highest BCUT2D eigenvalue weighted by molar-refractivity contribution is 6.04. The van der Waals surface area contributed by atoms with Crippen molar-refractivity contribution < 1.29 is 0 Å². The lowest BCUT2D eigenvalue weighted by atomic mass is 9.80. The van der Waals surface area contributed by atoms with E-state index in [0.29, 0.717) is 12.1 Å². The quantitative estimate of drug-likeness (QED) is 0.184. The summed E-state index contributed by atoms with van der Waals surface area (Å²) in [5, 5.41) is 8.59. The summed E-state index contributed by atoms with van der Waals surface area (Å²) in [6.45, 7) is 19.6. The van der Waals surface area contributed by atoms with Crippen molar-refractivity contribution in [2.24, 2.45) is 0 Å². The molecule has 0 spiro atoms. The van der Waals surface area contributed by atoms with Gasteiger partial charge in [0.2, 0.25) is 0 Å². The predicted octanol–water partition coefficient (Wildman–Crippen LogP) is 17.5. The van der Waals surface area contributed by atoms with Crippen LogP contribution in [0.4, 0.5) is 11.4 Å². The fourth-order valence-corrected chi connectivity index (χ4v) is 17.3. The van der Waals surface area contributed by atoms with E-state index in [-0.39, 0.29) is 33.7 Å². The zero-order valence-electron chi connectivity index (χ0n) is 46.9. The van der Waals surface area contributed by atoms with Gasteiger partial charge in [0.15, 0.2) is 5.82 Å². The highest BCUT2D eigenvalue weighted by atomic mass is 15.5. The third-order valence-electron chi connectivity index (χ3n) is 21.1. The number of benzene rings is 8. The molecule has 2 saturated carbocycles. The Morgan fingerprint density at radius 2 is 0.628 bits per heavy atom. The van der Waals surface area contributed by atoms with E-state index in [0.717, 1.165) is 12.8 Å². The minimum Gasteiger partial charge on any atom is -0.364 e. The van der Waals surface area contributed by atoms with Crippen molar-refractivity contribution in [3.63, 3.8) is 0 Å². The molecule has 4 nitrogen and oxygen atoms in total. The van der Waals surface area contributed by atoms with Crippen LogP contribution in [0.5, 0.6) is 0 Å². The molecule has 8 aromatic carbocycles. The molecule has 0 bridgehead atoms. The van der Waals surface area contributed by atoms with Crippen molar-refractivity contribution in [3.8, 4) is 66.8 Å². The Balaban J connectivity index is 0.971. The van der Waals surface area contributed by atoms with Crippen molar-refractivity contribution in [2.45, 2.75) is 153 Å². The number of nitrogens with zero attached hydrogens (tertiary/aromatic N) is 2. The smallest absolute Gasteiger partial charge is 0.155 e. The van der Waals surface area contributed by atoms with Gasteiger partial charge in [-0.1, -0.05) is 215 Å². The fourth-order valence-electron chi connectivity index (χ4n) is 17.3. The molecule has 2 heterocycles. The summed E-state index contributed by atoms with van der Waals surface area (Å²) in [6.07, 6.45) is 9.64. The predicted molar refractivity (Wildman–Crippen MR) is 324 cm³/mol. The first-order valence-electron chi connectivity index (χ1n) is 29.6. The lowest BCUT2D eigenvalue weighted by Crippen LogP contribution is -2.40. The summed E-state index contributed by atoms with van der Waals surface area (Å²) in [7, 11) is 0. The topological polar surface area (TPSA) is 30.5 Å². The third-order valence-corrected chi connectivity index (χ3v) is 21.1. The van der Waals surface area contributed by atoms with Gasteiger partial charge in [0.25, 0.3) is 0 Å². The van der Waals surface area contributed by atoms with Crippen LogP contribution in [-0.4, -0.2) is 24.2 Å². The van der Waals surface area contributed by atoms with E-state index in [1.54, 1.807) is 0 Å². The van der Waals surface area contributed by atoms with Crippen LogP contribution >= 0.6 is 0 Å². The molecule has 2 saturated heterocycles. The van der Waals surface area contributed by atoms with Gasteiger partial charge >= 0.3 is 0 Å². The summed E-state index contributed by atoms with van der Waals surface area (Å²) in [4.78, 5) is 5.76. The number of fused-ring (bicyclic) bond motifs is 14. The Kier molecular flexibility index (Phi) is 9.69. The second kappa shape index (κ2) is 16.2. The average molecular weight is 1020 g/mol. The van der Waals surface area contributed by atoms with Crippen molar-refractivity contribution in [2.75, 3.05) is 9.80 Å². The molecule has 4 heteroatoms. The molecule has 0 aromatic heterocycles. The second-order valence-corrected chi connectivity index (χ2v) is 26.6. The van der Waals surface area contributed by atoms with Gasteiger partial charge in [0.1, 0.15) is 5.82 Å². The SMILES string of the molecule is CC1(C)c2ccccc2-c2c(-c3cc(N4C(=C5NC6CCCCC6N5)N(c5cc(-c6cccc7c6-c6ccccc6C7(C)C)c6c(c5)C(C)(C)c5ccccc5-6)C5CCCCC54)cc4c3-c3ccccc3C4(C)C)cccc21. The number of hydrogen-bond acceptors (Lipinski definition) is 4. The van der Waals surface area contributed by atoms with Crippen molar-refractivity contribution in [3.05, 3.63) is 214 Å². The van der Waals surface area contributed by atoms with Crippen LogP contribution in [0.3, 0.4) is 0 Å². The highest BCUT2D eigenvalue weighted by Gasteiger charge is 2.51. The summed E-state index contributed by atoms with van der Waals surface area (Å²) >= 11 is 0. The standard InChI is InChI=1S/C74H72N4/c1-71(2)53-29-13-9-23-47(53)65-45(27-21-33-57(65)71)51-39-43(41-59-67(51)49-25-11-15-31-55(49)73(59,5)6)77-63-37-19-20-38-64(63)78(70(77)69-75-61-35-17-18-36-62(61)76-69)44-40-52(68-50-26-12-16-32-56(50)74(7,8)60(68)42-44)46-28-22-34-58-66(46)48-24-10-14-30-54(48)72(58,3)4/h9-16,21-34,39-42,61-64,75-76H,17-20,35-38H2,1-8H3. The summed E-state index contributed by atoms with van der Waals surface area (Å²) in [5.74, 6) is 2.51. The van der Waals surface area contributed by atoms with Gasteiger partial charge in [-0.25, -0.2) is 0 Å². The summed E-state index contributed by atoms with van der Waals surface area (Å²) in [6, 6.07) is 63.4. The molecule has 388 valence electrons. The minimum atomic E-state index is -0.206. The number of hydrogen-bond donors (Lipinski definition) is 2. The van der Waals surface area contributed by atoms with Crippen LogP contribution in [0.25, 0.3) is 66.8 Å². The highest BCUT2D eigenvalue weighted by Crippen LogP contribution is 2.61. The van der Waals surface area contributed by atoms with Crippen molar-refractivity contribution in [1.82, 2.24) is 10.6 Å². The van der Waals surface area contributed by atoms with E-state index in [1.165, 1.54) is 173 Å². The number of rotatable bonds is 4. The van der Waals surface area contributed by atoms with Crippen LogP contribution in [0.15, 0.2) is 169 Å². The molecule has 8 aliphatic rings. The number of nitrogens with one attached hydrogen (secondary N) is 2. The Morgan fingerprint density at radius 1 is 0.321 bits per heavy atom. The Hall–Kier alpha value is -7.30. The molecule has 8 aromatic rings. The molecule has 2 N–H and O–H groups in total. The van der Waals surface area contributed by atoms with Gasteiger partial charge in [-0.2, -0.15) is 0 Å². The Bertz CT molecular complexity index is 3680. The van der Waals surface area contributed by atoms with E-state index >= 15 is 0 Å². The van der Waals surface area contributed by atoms with Gasteiger partial charge < -0.3 is 20.4 Å². The van der Waals surface area contributed by atoms with Gasteiger partial charge in [-0.15, -0.1) is 0 Å². The molecule has 78 heavy (non-hydrogen) atoms. The van der Waals surface area contributed by atoms with E-state index < -0.39 is 0 Å². The molecule has 4 atom stereocenters. The van der Waals surface area contributed by atoms with Gasteiger partial charge in [-0.3, -0.25) is 0 Å². The second-order valence-electron chi connectivity index (χ2n) is 26.6. The molecule has 0 amide bonds. The summed E-state index contributed by atoms with van der Waals surface area (Å²) in [5.41, 5.74) is 29.8. The molecule has 16 rings (SSSR count). The maximum absolute atomic E-state index is 4.30. The third kappa shape index (κ3) is 6.13. The van der Waals surface area contributed by atoms with Crippen molar-refractivity contribution in [1.29, 1.82) is 0 Å². The first-order chi connectivity index (χ1) is 37.7. The van der Waals surface area contributed by atoms with Crippen LogP contribution < -0.4 is 20.4 Å². The molecule has 4 fully saturated rings. The number of anilines is 2. The molecule has 0 radical (unpaired) electrons. The van der Waals surface area contributed by atoms with Crippen LogP contribution in [0, 0.1) is 0 Å². The van der Waals surface area contributed by atoms with Gasteiger partial charge in [-0.05, 0) is 161 Å². The van der Waals surface area contributed by atoms with Crippen LogP contribution in [-0.2, 0) is 21.7 Å². The monoisotopic (exact) mass is 1020 g/mol. The van der Waals surface area contributed by atoms with E-state index in [2.05, 4.69) is 234 Å². The zero-order valence-corrected chi connectivity index (χ0v) is 46.9. The molecule has 6 aliphatic carbocycles. The fraction of sp³-hybridized carbons (Fsp3) is 0.324. The molecule has 4 unspecified atom stereocenters. The first-order valence-corrected chi connectivity index (χ1v) is 29.6. The summed E-state index contributed by atoms with van der Waals surface area (Å²) < 4.78 is 0. The first kappa shape index (κ1) is 46.8. The largest absolute Gasteiger partial charge is 0.364 e. The van der Waals surface area contributed by atoms with E-state index in [4.69, 9.17) is 0 Å². The molecular weight excluding hydrogens is 945 g/mol. The van der Waals surface area contributed by atoms with Gasteiger partial charge in [0, 0.05) is 45.1 Å². The average Bonchev–Trinajstić information content (AvgIpc) is 4.16. The normalized spacial score (nSPS) is 23.2. The van der Waals surface area contributed by atoms with E-state index in [9.17, 15) is 0 Å².